The van der Waals surface area contributed by atoms with Crippen LogP contribution in [0, 0.1) is 5.92 Å². The topological polar surface area (TPSA) is 41.1 Å². The predicted molar refractivity (Wildman–Crippen MR) is 88.3 cm³/mol. The van der Waals surface area contributed by atoms with Crippen molar-refractivity contribution < 1.29 is 4.79 Å². The highest BCUT2D eigenvalue weighted by atomic mass is 79.9. The number of hydrogen-bond acceptors (Lipinski definition) is 2. The molecule has 1 aliphatic heterocycles. The highest BCUT2D eigenvalue weighted by molar-refractivity contribution is 9.10. The first-order chi connectivity index (χ1) is 10.2. The monoisotopic (exact) mass is 350 g/mol. The van der Waals surface area contributed by atoms with E-state index in [-0.39, 0.29) is 11.3 Å². The van der Waals surface area contributed by atoms with Gasteiger partial charge in [-0.3, -0.25) is 4.79 Å². The van der Waals surface area contributed by atoms with Crippen molar-refractivity contribution in [2.24, 2.45) is 5.92 Å². The Morgan fingerprint density at radius 2 is 2.29 bits per heavy atom. The van der Waals surface area contributed by atoms with Crippen LogP contribution < -0.4 is 10.6 Å². The molecule has 0 spiro atoms. The second-order valence-corrected chi connectivity index (χ2v) is 7.38. The van der Waals surface area contributed by atoms with E-state index in [1.807, 2.05) is 6.07 Å². The first-order valence-electron chi connectivity index (χ1n) is 7.91. The lowest BCUT2D eigenvalue weighted by Gasteiger charge is -2.17. The minimum atomic E-state index is 0.189. The molecule has 114 valence electrons. The van der Waals surface area contributed by atoms with Crippen molar-refractivity contribution in [3.63, 3.8) is 0 Å². The summed E-state index contributed by atoms with van der Waals surface area (Å²) in [5, 5.41) is 6.51. The van der Waals surface area contributed by atoms with Gasteiger partial charge in [-0.2, -0.15) is 0 Å². The second kappa shape index (κ2) is 6.49. The zero-order chi connectivity index (χ0) is 14.7. The second-order valence-electron chi connectivity index (χ2n) is 6.46. The maximum Gasteiger partial charge on any atom is 0.220 e. The summed E-state index contributed by atoms with van der Waals surface area (Å²) in [6.45, 7) is 2.97. The van der Waals surface area contributed by atoms with Gasteiger partial charge in [0.15, 0.2) is 0 Å². The van der Waals surface area contributed by atoms with Crippen molar-refractivity contribution in [2.45, 2.75) is 37.5 Å². The van der Waals surface area contributed by atoms with Gasteiger partial charge in [0, 0.05) is 22.9 Å². The van der Waals surface area contributed by atoms with Crippen LogP contribution in [0.25, 0.3) is 0 Å². The van der Waals surface area contributed by atoms with Gasteiger partial charge in [0.05, 0.1) is 0 Å². The SMILES string of the molecule is O=C(CCC1CCNC1)NCC1(c2cccc(Br)c2)CC1. The highest BCUT2D eigenvalue weighted by Gasteiger charge is 2.44. The molecule has 1 aliphatic carbocycles. The third kappa shape index (κ3) is 3.86. The summed E-state index contributed by atoms with van der Waals surface area (Å²) in [6, 6.07) is 8.49. The molecule has 3 rings (SSSR count). The normalized spacial score (nSPS) is 23.0. The van der Waals surface area contributed by atoms with E-state index in [0.717, 1.165) is 30.5 Å². The van der Waals surface area contributed by atoms with Crippen LogP contribution in [0.1, 0.15) is 37.7 Å². The Bertz CT molecular complexity index is 507. The molecule has 1 saturated heterocycles. The van der Waals surface area contributed by atoms with Crippen LogP contribution in [-0.4, -0.2) is 25.5 Å². The molecule has 1 unspecified atom stereocenters. The molecule has 21 heavy (non-hydrogen) atoms. The number of amides is 1. The fourth-order valence-electron chi connectivity index (χ4n) is 3.19. The van der Waals surface area contributed by atoms with Crippen molar-refractivity contribution >= 4 is 21.8 Å². The summed E-state index contributed by atoms with van der Waals surface area (Å²) < 4.78 is 1.12. The molecule has 0 aromatic heterocycles. The van der Waals surface area contributed by atoms with Gasteiger partial charge in [-0.25, -0.2) is 0 Å². The molecule has 0 radical (unpaired) electrons. The first kappa shape index (κ1) is 15.0. The molecule has 1 atom stereocenters. The average Bonchev–Trinajstić information content (AvgIpc) is 3.10. The smallest absolute Gasteiger partial charge is 0.220 e. The fraction of sp³-hybridized carbons (Fsp3) is 0.588. The molecule has 1 aromatic rings. The molecule has 1 saturated carbocycles. The van der Waals surface area contributed by atoms with Gasteiger partial charge in [0.1, 0.15) is 0 Å². The van der Waals surface area contributed by atoms with Gasteiger partial charge < -0.3 is 10.6 Å². The van der Waals surface area contributed by atoms with Crippen molar-refractivity contribution in [1.29, 1.82) is 0 Å². The van der Waals surface area contributed by atoms with Crippen LogP contribution in [-0.2, 0) is 10.2 Å². The lowest BCUT2D eigenvalue weighted by Crippen LogP contribution is -2.32. The highest BCUT2D eigenvalue weighted by Crippen LogP contribution is 2.48. The molecule has 4 heteroatoms. The number of carbonyl (C=O) groups excluding carboxylic acids is 1. The fourth-order valence-corrected chi connectivity index (χ4v) is 3.59. The summed E-state index contributed by atoms with van der Waals surface area (Å²) in [5.41, 5.74) is 1.53. The van der Waals surface area contributed by atoms with E-state index < -0.39 is 0 Å². The molecule has 2 N–H and O–H groups in total. The van der Waals surface area contributed by atoms with Gasteiger partial charge in [-0.05, 0) is 62.4 Å². The molecule has 1 aromatic carbocycles. The number of nitrogens with one attached hydrogen (secondary N) is 2. The van der Waals surface area contributed by atoms with Gasteiger partial charge in [-0.15, -0.1) is 0 Å². The summed E-state index contributed by atoms with van der Waals surface area (Å²) in [4.78, 5) is 12.0. The van der Waals surface area contributed by atoms with Crippen molar-refractivity contribution in [2.75, 3.05) is 19.6 Å². The summed E-state index contributed by atoms with van der Waals surface area (Å²) in [6.07, 6.45) is 5.26. The van der Waals surface area contributed by atoms with E-state index in [1.54, 1.807) is 0 Å². The van der Waals surface area contributed by atoms with E-state index in [1.165, 1.54) is 24.8 Å². The number of halogens is 1. The molecule has 1 amide bonds. The van der Waals surface area contributed by atoms with Crippen molar-refractivity contribution in [3.8, 4) is 0 Å². The zero-order valence-corrected chi connectivity index (χ0v) is 13.9. The van der Waals surface area contributed by atoms with E-state index >= 15 is 0 Å². The van der Waals surface area contributed by atoms with E-state index in [9.17, 15) is 4.79 Å². The predicted octanol–water partition coefficient (Wildman–Crippen LogP) is 2.99. The van der Waals surface area contributed by atoms with E-state index in [4.69, 9.17) is 0 Å². The minimum absolute atomic E-state index is 0.189. The Morgan fingerprint density at radius 3 is 2.95 bits per heavy atom. The van der Waals surface area contributed by atoms with Gasteiger partial charge >= 0.3 is 0 Å². The van der Waals surface area contributed by atoms with Crippen LogP contribution in [0.2, 0.25) is 0 Å². The number of rotatable bonds is 6. The molecule has 2 fully saturated rings. The van der Waals surface area contributed by atoms with E-state index in [2.05, 4.69) is 44.8 Å². The molecule has 3 nitrogen and oxygen atoms in total. The number of carbonyl (C=O) groups is 1. The summed E-state index contributed by atoms with van der Waals surface area (Å²) >= 11 is 3.53. The molecule has 1 heterocycles. The maximum absolute atomic E-state index is 12.0. The van der Waals surface area contributed by atoms with Gasteiger partial charge in [0.25, 0.3) is 0 Å². The molecular weight excluding hydrogens is 328 g/mol. The van der Waals surface area contributed by atoms with Crippen LogP contribution in [0.5, 0.6) is 0 Å². The number of hydrogen-bond donors (Lipinski definition) is 2. The lowest BCUT2D eigenvalue weighted by atomic mass is 9.96. The Hall–Kier alpha value is -0.870. The van der Waals surface area contributed by atoms with Gasteiger partial charge in [0.2, 0.25) is 5.91 Å². The zero-order valence-electron chi connectivity index (χ0n) is 12.3. The Morgan fingerprint density at radius 1 is 1.43 bits per heavy atom. The Kier molecular flexibility index (Phi) is 4.65. The standard InChI is InChI=1S/C17H23BrN2O/c18-15-3-1-2-14(10-15)17(7-8-17)12-20-16(21)5-4-13-6-9-19-11-13/h1-3,10,13,19H,4-9,11-12H2,(H,20,21). The Labute approximate surface area is 135 Å². The summed E-state index contributed by atoms with van der Waals surface area (Å²) in [7, 11) is 0. The molecule has 2 aliphatic rings. The van der Waals surface area contributed by atoms with Crippen LogP contribution in [0.3, 0.4) is 0 Å². The third-order valence-corrected chi connectivity index (χ3v) is 5.35. The quantitative estimate of drug-likeness (QED) is 0.827. The van der Waals surface area contributed by atoms with E-state index in [0.29, 0.717) is 12.3 Å². The average molecular weight is 351 g/mol. The molecule has 0 bridgehead atoms. The lowest BCUT2D eigenvalue weighted by molar-refractivity contribution is -0.121. The number of benzene rings is 1. The Balaban J connectivity index is 1.47. The third-order valence-electron chi connectivity index (χ3n) is 4.86. The minimum Gasteiger partial charge on any atom is -0.355 e. The molecular formula is C17H23BrN2O. The van der Waals surface area contributed by atoms with Crippen LogP contribution in [0.4, 0.5) is 0 Å². The van der Waals surface area contributed by atoms with Crippen LogP contribution in [0.15, 0.2) is 28.7 Å². The van der Waals surface area contributed by atoms with Crippen LogP contribution >= 0.6 is 15.9 Å². The summed E-state index contributed by atoms with van der Waals surface area (Å²) in [5.74, 6) is 0.902. The van der Waals surface area contributed by atoms with Gasteiger partial charge in [-0.1, -0.05) is 28.1 Å². The first-order valence-corrected chi connectivity index (χ1v) is 8.71. The maximum atomic E-state index is 12.0. The largest absolute Gasteiger partial charge is 0.355 e. The van der Waals surface area contributed by atoms with Crippen molar-refractivity contribution in [3.05, 3.63) is 34.3 Å². The van der Waals surface area contributed by atoms with Crippen molar-refractivity contribution in [1.82, 2.24) is 10.6 Å².